The number of carbonyl (C=O) groups is 1. The second-order valence-corrected chi connectivity index (χ2v) is 8.26. The number of carbonyl (C=O) groups excluding carboxylic acids is 1. The Morgan fingerprint density at radius 1 is 1.11 bits per heavy atom. The molecule has 0 N–H and O–H groups in total. The third kappa shape index (κ3) is 3.61. The minimum Gasteiger partial charge on any atom is -0.457 e. The summed E-state index contributed by atoms with van der Waals surface area (Å²) in [7, 11) is 0. The number of thiocarbonyl (C=S) groups is 1. The second-order valence-electron chi connectivity index (χ2n) is 5.80. The van der Waals surface area contributed by atoms with Gasteiger partial charge in [-0.25, -0.2) is 4.39 Å². The van der Waals surface area contributed by atoms with E-state index >= 15 is 0 Å². The van der Waals surface area contributed by atoms with Gasteiger partial charge in [0.25, 0.3) is 5.91 Å². The van der Waals surface area contributed by atoms with Crippen LogP contribution in [0.4, 0.5) is 10.1 Å². The van der Waals surface area contributed by atoms with Crippen LogP contribution < -0.4 is 4.90 Å². The molecule has 3 nitrogen and oxygen atoms in total. The molecule has 28 heavy (non-hydrogen) atoms. The van der Waals surface area contributed by atoms with Crippen molar-refractivity contribution in [2.45, 2.75) is 0 Å². The van der Waals surface area contributed by atoms with Gasteiger partial charge in [0.05, 0.1) is 20.6 Å². The first-order valence-electron chi connectivity index (χ1n) is 8.02. The van der Waals surface area contributed by atoms with E-state index < -0.39 is 5.82 Å². The summed E-state index contributed by atoms with van der Waals surface area (Å²) in [4.78, 5) is 14.4. The van der Waals surface area contributed by atoms with Gasteiger partial charge in [-0.05, 0) is 42.5 Å². The van der Waals surface area contributed by atoms with Crippen molar-refractivity contribution in [3.63, 3.8) is 0 Å². The highest BCUT2D eigenvalue weighted by Gasteiger charge is 2.33. The van der Waals surface area contributed by atoms with Gasteiger partial charge < -0.3 is 4.42 Å². The number of nitrogens with zero attached hydrogens (tertiary/aromatic N) is 1. The first kappa shape index (κ1) is 19.2. The van der Waals surface area contributed by atoms with E-state index in [4.69, 9.17) is 39.8 Å². The van der Waals surface area contributed by atoms with Crippen molar-refractivity contribution >= 4 is 69.2 Å². The summed E-state index contributed by atoms with van der Waals surface area (Å²) in [5.74, 6) is 0.217. The van der Waals surface area contributed by atoms with Gasteiger partial charge in [-0.15, -0.1) is 0 Å². The van der Waals surface area contributed by atoms with Crippen LogP contribution in [-0.2, 0) is 4.79 Å². The van der Waals surface area contributed by atoms with E-state index in [0.717, 1.165) is 11.8 Å². The van der Waals surface area contributed by atoms with Crippen molar-refractivity contribution < 1.29 is 13.6 Å². The molecular formula is C20H10Cl2FNO2S2. The Hall–Kier alpha value is -2.12. The lowest BCUT2D eigenvalue weighted by Crippen LogP contribution is -2.27. The molecule has 1 amide bonds. The fraction of sp³-hybridized carbons (Fsp3) is 0. The summed E-state index contributed by atoms with van der Waals surface area (Å²) >= 11 is 18.7. The number of furan rings is 1. The predicted octanol–water partition coefficient (Wildman–Crippen LogP) is 6.80. The summed E-state index contributed by atoms with van der Waals surface area (Å²) < 4.78 is 19.6. The first-order valence-corrected chi connectivity index (χ1v) is 10.00. The van der Waals surface area contributed by atoms with Gasteiger partial charge in [-0.2, -0.15) is 0 Å². The van der Waals surface area contributed by atoms with Gasteiger partial charge in [0, 0.05) is 11.6 Å². The molecule has 0 spiro atoms. The molecule has 140 valence electrons. The van der Waals surface area contributed by atoms with Gasteiger partial charge in [0.1, 0.15) is 17.3 Å². The van der Waals surface area contributed by atoms with E-state index in [2.05, 4.69) is 0 Å². The lowest BCUT2D eigenvalue weighted by Gasteiger charge is -2.14. The van der Waals surface area contributed by atoms with Crippen molar-refractivity contribution in [1.82, 2.24) is 0 Å². The van der Waals surface area contributed by atoms with Crippen molar-refractivity contribution in [3.05, 3.63) is 81.1 Å². The molecule has 0 saturated carbocycles. The average Bonchev–Trinajstić information content (AvgIpc) is 3.22. The zero-order valence-electron chi connectivity index (χ0n) is 14.0. The summed E-state index contributed by atoms with van der Waals surface area (Å²) in [6, 6.07) is 14.5. The zero-order chi connectivity index (χ0) is 19.8. The van der Waals surface area contributed by atoms with E-state index in [-0.39, 0.29) is 5.91 Å². The van der Waals surface area contributed by atoms with Crippen molar-refractivity contribution in [2.75, 3.05) is 4.90 Å². The van der Waals surface area contributed by atoms with Crippen molar-refractivity contribution in [1.29, 1.82) is 0 Å². The molecule has 0 unspecified atom stereocenters. The highest BCUT2D eigenvalue weighted by molar-refractivity contribution is 8.27. The lowest BCUT2D eigenvalue weighted by molar-refractivity contribution is -0.113. The Bertz CT molecular complexity index is 1140. The summed E-state index contributed by atoms with van der Waals surface area (Å²) in [6.07, 6.45) is 1.60. The van der Waals surface area contributed by atoms with E-state index in [1.54, 1.807) is 42.5 Å². The molecule has 2 heterocycles. The number of halogens is 3. The van der Waals surface area contributed by atoms with Crippen LogP contribution in [0.2, 0.25) is 10.0 Å². The Balaban J connectivity index is 1.64. The minimum absolute atomic E-state index is 0.325. The van der Waals surface area contributed by atoms with Crippen LogP contribution in [-0.4, -0.2) is 10.2 Å². The molecule has 1 saturated heterocycles. The molecule has 8 heteroatoms. The molecule has 1 aromatic heterocycles. The summed E-state index contributed by atoms with van der Waals surface area (Å²) in [6.45, 7) is 0. The number of hydrogen-bond acceptors (Lipinski definition) is 4. The molecule has 0 radical (unpaired) electrons. The van der Waals surface area contributed by atoms with Crippen LogP contribution in [0, 0.1) is 5.82 Å². The van der Waals surface area contributed by atoms with Gasteiger partial charge in [-0.3, -0.25) is 9.69 Å². The molecule has 1 aliphatic rings. The maximum atomic E-state index is 13.5. The molecule has 2 aromatic carbocycles. The standard InChI is InChI=1S/C20H10Cl2FNO2S2/c21-15-6-2-5-14(18(15)22)16-8-7-13(26-16)10-17-19(25)24(20(27)28-17)12-4-1-3-11(23)9-12/h1-10H/b17-10-. The lowest BCUT2D eigenvalue weighted by atomic mass is 10.2. The van der Waals surface area contributed by atoms with Crippen LogP contribution in [0.15, 0.2) is 63.9 Å². The van der Waals surface area contributed by atoms with Crippen LogP contribution in [0.25, 0.3) is 17.4 Å². The maximum Gasteiger partial charge on any atom is 0.270 e. The Morgan fingerprint density at radius 3 is 2.68 bits per heavy atom. The second kappa shape index (κ2) is 7.72. The molecular weight excluding hydrogens is 440 g/mol. The largest absolute Gasteiger partial charge is 0.457 e. The van der Waals surface area contributed by atoms with E-state index in [1.807, 2.05) is 0 Å². The van der Waals surface area contributed by atoms with Crippen molar-refractivity contribution in [3.8, 4) is 11.3 Å². The summed E-state index contributed by atoms with van der Waals surface area (Å²) in [5.41, 5.74) is 1.04. The highest BCUT2D eigenvalue weighted by Crippen LogP contribution is 2.38. The van der Waals surface area contributed by atoms with Crippen LogP contribution in [0.5, 0.6) is 0 Å². The normalized spacial score (nSPS) is 15.7. The van der Waals surface area contributed by atoms with E-state index in [9.17, 15) is 9.18 Å². The van der Waals surface area contributed by atoms with Crippen molar-refractivity contribution in [2.24, 2.45) is 0 Å². The topological polar surface area (TPSA) is 33.5 Å². The summed E-state index contributed by atoms with van der Waals surface area (Å²) in [5, 5.41) is 0.815. The highest BCUT2D eigenvalue weighted by atomic mass is 35.5. The fourth-order valence-electron chi connectivity index (χ4n) is 2.70. The zero-order valence-corrected chi connectivity index (χ0v) is 17.1. The molecule has 0 bridgehead atoms. The fourth-order valence-corrected chi connectivity index (χ4v) is 4.38. The number of amides is 1. The quantitative estimate of drug-likeness (QED) is 0.325. The van der Waals surface area contributed by atoms with Gasteiger partial charge in [-0.1, -0.05) is 59.3 Å². The number of thioether (sulfide) groups is 1. The molecule has 0 atom stereocenters. The molecule has 4 rings (SSSR count). The number of hydrogen-bond donors (Lipinski definition) is 0. The number of anilines is 1. The Labute approximate surface area is 179 Å². The number of rotatable bonds is 3. The predicted molar refractivity (Wildman–Crippen MR) is 116 cm³/mol. The third-order valence-electron chi connectivity index (χ3n) is 3.98. The Morgan fingerprint density at radius 2 is 1.89 bits per heavy atom. The maximum absolute atomic E-state index is 13.5. The van der Waals surface area contributed by atoms with E-state index in [1.165, 1.54) is 23.1 Å². The average molecular weight is 450 g/mol. The minimum atomic E-state index is -0.440. The van der Waals surface area contributed by atoms with Crippen LogP contribution in [0.3, 0.4) is 0 Å². The number of benzene rings is 2. The molecule has 3 aromatic rings. The SMILES string of the molecule is O=C1/C(=C/c2ccc(-c3cccc(Cl)c3Cl)o2)SC(=S)N1c1cccc(F)c1. The van der Waals surface area contributed by atoms with Crippen LogP contribution >= 0.6 is 47.2 Å². The Kier molecular flexibility index (Phi) is 5.29. The van der Waals surface area contributed by atoms with E-state index in [0.29, 0.717) is 42.0 Å². The molecule has 1 fully saturated rings. The monoisotopic (exact) mass is 449 g/mol. The van der Waals surface area contributed by atoms with Gasteiger partial charge in [0.2, 0.25) is 0 Å². The molecule has 1 aliphatic heterocycles. The molecule has 0 aliphatic carbocycles. The van der Waals surface area contributed by atoms with Crippen LogP contribution in [0.1, 0.15) is 5.76 Å². The third-order valence-corrected chi connectivity index (χ3v) is 6.10. The first-order chi connectivity index (χ1) is 13.4. The van der Waals surface area contributed by atoms with Gasteiger partial charge >= 0.3 is 0 Å². The smallest absolute Gasteiger partial charge is 0.270 e. The van der Waals surface area contributed by atoms with Gasteiger partial charge in [0.15, 0.2) is 4.32 Å².